The van der Waals surface area contributed by atoms with Gasteiger partial charge < -0.3 is 9.84 Å². The van der Waals surface area contributed by atoms with E-state index in [4.69, 9.17) is 9.84 Å². The summed E-state index contributed by atoms with van der Waals surface area (Å²) in [5, 5.41) is 8.21. The number of carbonyl (C=O) groups is 1. The smallest absolute Gasteiger partial charge is 0.375 e. The van der Waals surface area contributed by atoms with Crippen LogP contribution in [0.2, 0.25) is 0 Å². The number of ether oxygens (including phenoxy) is 1. The molecule has 2 aliphatic rings. The van der Waals surface area contributed by atoms with Crippen LogP contribution in [0.15, 0.2) is 0 Å². The highest BCUT2D eigenvalue weighted by Crippen LogP contribution is 2.38. The zero-order chi connectivity index (χ0) is 10.4. The van der Waals surface area contributed by atoms with E-state index >= 15 is 0 Å². The summed E-state index contributed by atoms with van der Waals surface area (Å²) in [7, 11) is 0. The summed E-state index contributed by atoms with van der Waals surface area (Å²) >= 11 is 0. The highest BCUT2D eigenvalue weighted by molar-refractivity contribution is 5.75. The summed E-state index contributed by atoms with van der Waals surface area (Å²) in [5.41, 5.74) is 0.0502. The SMILES string of the molecule is O=C(O)C(F)(F)CN1CC2(COC2)C1. The van der Waals surface area contributed by atoms with Gasteiger partial charge in [-0.3, -0.25) is 4.90 Å². The maximum Gasteiger partial charge on any atom is 0.375 e. The molecule has 1 spiro atoms. The van der Waals surface area contributed by atoms with E-state index in [0.717, 1.165) is 0 Å². The third-order valence-electron chi connectivity index (χ3n) is 2.67. The monoisotopic (exact) mass is 207 g/mol. The second-order valence-corrected chi connectivity index (χ2v) is 4.15. The van der Waals surface area contributed by atoms with Crippen molar-refractivity contribution in [1.29, 1.82) is 0 Å². The third kappa shape index (κ3) is 1.48. The number of rotatable bonds is 3. The molecule has 2 aliphatic heterocycles. The molecule has 4 nitrogen and oxygen atoms in total. The van der Waals surface area contributed by atoms with Gasteiger partial charge in [-0.1, -0.05) is 0 Å². The molecule has 0 aliphatic carbocycles. The predicted molar refractivity (Wildman–Crippen MR) is 42.3 cm³/mol. The van der Waals surface area contributed by atoms with E-state index in [0.29, 0.717) is 26.3 Å². The normalized spacial score (nSPS) is 25.6. The number of likely N-dealkylation sites (tertiary alicyclic amines) is 1. The van der Waals surface area contributed by atoms with Crippen LogP contribution in [0.25, 0.3) is 0 Å². The summed E-state index contributed by atoms with van der Waals surface area (Å²) in [6.45, 7) is 1.58. The lowest BCUT2D eigenvalue weighted by atomic mass is 9.78. The molecular formula is C8H11F2NO3. The molecule has 2 saturated heterocycles. The van der Waals surface area contributed by atoms with Crippen LogP contribution in [0, 0.1) is 5.41 Å². The first kappa shape index (κ1) is 9.79. The van der Waals surface area contributed by atoms with Gasteiger partial charge in [0.1, 0.15) is 0 Å². The van der Waals surface area contributed by atoms with Gasteiger partial charge in [0.25, 0.3) is 0 Å². The van der Waals surface area contributed by atoms with Crippen LogP contribution in [-0.2, 0) is 9.53 Å². The minimum absolute atomic E-state index is 0.0502. The van der Waals surface area contributed by atoms with E-state index in [1.54, 1.807) is 0 Å². The summed E-state index contributed by atoms with van der Waals surface area (Å²) in [6.07, 6.45) is 0. The number of carboxylic acid groups (broad SMARTS) is 1. The fourth-order valence-corrected chi connectivity index (χ4v) is 1.94. The molecule has 2 heterocycles. The molecule has 0 radical (unpaired) electrons. The average Bonchev–Trinajstić information content (AvgIpc) is 1.91. The Morgan fingerprint density at radius 1 is 1.50 bits per heavy atom. The molecule has 0 aromatic heterocycles. The van der Waals surface area contributed by atoms with Gasteiger partial charge in [0.2, 0.25) is 0 Å². The van der Waals surface area contributed by atoms with Crippen LogP contribution >= 0.6 is 0 Å². The zero-order valence-electron chi connectivity index (χ0n) is 7.50. The first-order valence-corrected chi connectivity index (χ1v) is 4.35. The Hall–Kier alpha value is -0.750. The van der Waals surface area contributed by atoms with Crippen molar-refractivity contribution in [2.24, 2.45) is 5.41 Å². The molecule has 0 bridgehead atoms. The largest absolute Gasteiger partial charge is 0.477 e. The van der Waals surface area contributed by atoms with Crippen molar-refractivity contribution < 1.29 is 23.4 Å². The van der Waals surface area contributed by atoms with Crippen molar-refractivity contribution in [3.05, 3.63) is 0 Å². The van der Waals surface area contributed by atoms with Gasteiger partial charge in [0, 0.05) is 18.5 Å². The summed E-state index contributed by atoms with van der Waals surface area (Å²) in [5.74, 6) is -5.69. The topological polar surface area (TPSA) is 49.8 Å². The molecule has 1 N–H and O–H groups in total. The Labute approximate surface area is 79.4 Å². The number of aliphatic carboxylic acids is 1. The lowest BCUT2D eigenvalue weighted by Gasteiger charge is -2.55. The molecule has 0 unspecified atom stereocenters. The van der Waals surface area contributed by atoms with Crippen LogP contribution in [0.3, 0.4) is 0 Å². The number of carboxylic acids is 1. The van der Waals surface area contributed by atoms with E-state index in [9.17, 15) is 13.6 Å². The molecule has 0 saturated carbocycles. The van der Waals surface area contributed by atoms with Crippen molar-refractivity contribution in [2.75, 3.05) is 32.8 Å². The Morgan fingerprint density at radius 2 is 2.07 bits per heavy atom. The Bertz CT molecular complexity index is 257. The third-order valence-corrected chi connectivity index (χ3v) is 2.67. The number of alkyl halides is 2. The Kier molecular flexibility index (Phi) is 2.01. The van der Waals surface area contributed by atoms with Crippen LogP contribution in [0.1, 0.15) is 0 Å². The molecule has 0 aromatic carbocycles. The van der Waals surface area contributed by atoms with Gasteiger partial charge in [0.15, 0.2) is 0 Å². The van der Waals surface area contributed by atoms with Crippen LogP contribution in [0.5, 0.6) is 0 Å². The minimum atomic E-state index is -3.63. The first-order chi connectivity index (χ1) is 6.44. The van der Waals surface area contributed by atoms with Gasteiger partial charge >= 0.3 is 11.9 Å². The van der Waals surface area contributed by atoms with Crippen LogP contribution in [0.4, 0.5) is 8.78 Å². The van der Waals surface area contributed by atoms with E-state index in [1.165, 1.54) is 4.90 Å². The second kappa shape index (κ2) is 2.87. The Morgan fingerprint density at radius 3 is 2.43 bits per heavy atom. The van der Waals surface area contributed by atoms with E-state index in [2.05, 4.69) is 0 Å². The zero-order valence-corrected chi connectivity index (χ0v) is 7.50. The molecule has 6 heteroatoms. The molecule has 0 atom stereocenters. The molecular weight excluding hydrogens is 196 g/mol. The van der Waals surface area contributed by atoms with E-state index < -0.39 is 18.4 Å². The summed E-state index contributed by atoms with van der Waals surface area (Å²) < 4.78 is 30.4. The highest BCUT2D eigenvalue weighted by atomic mass is 19.3. The number of nitrogens with zero attached hydrogens (tertiary/aromatic N) is 1. The van der Waals surface area contributed by atoms with Crippen molar-refractivity contribution >= 4 is 5.97 Å². The Balaban J connectivity index is 1.80. The van der Waals surface area contributed by atoms with Gasteiger partial charge in [0.05, 0.1) is 19.8 Å². The van der Waals surface area contributed by atoms with Gasteiger partial charge in [-0.05, 0) is 0 Å². The fraction of sp³-hybridized carbons (Fsp3) is 0.875. The maximum atomic E-state index is 12.7. The second-order valence-electron chi connectivity index (χ2n) is 4.15. The van der Waals surface area contributed by atoms with Crippen molar-refractivity contribution in [2.45, 2.75) is 5.92 Å². The molecule has 0 amide bonds. The average molecular weight is 207 g/mol. The van der Waals surface area contributed by atoms with E-state index in [-0.39, 0.29) is 5.41 Å². The van der Waals surface area contributed by atoms with E-state index in [1.807, 2.05) is 0 Å². The number of hydrogen-bond acceptors (Lipinski definition) is 3. The standard InChI is InChI=1S/C8H11F2NO3/c9-8(10,6(12)13)3-11-1-7(2-11)4-14-5-7/h1-5H2,(H,12,13). The predicted octanol–water partition coefficient (Wildman–Crippen LogP) is 0.0385. The van der Waals surface area contributed by atoms with Crippen molar-refractivity contribution in [3.8, 4) is 0 Å². The number of hydrogen-bond donors (Lipinski definition) is 1. The van der Waals surface area contributed by atoms with Crippen LogP contribution in [-0.4, -0.2) is 54.7 Å². The maximum absolute atomic E-state index is 12.7. The summed E-state index contributed by atoms with van der Waals surface area (Å²) in [4.78, 5) is 11.6. The van der Waals surface area contributed by atoms with Gasteiger partial charge in [-0.15, -0.1) is 0 Å². The number of halogens is 2. The minimum Gasteiger partial charge on any atom is -0.477 e. The van der Waals surface area contributed by atoms with Crippen LogP contribution < -0.4 is 0 Å². The summed E-state index contributed by atoms with van der Waals surface area (Å²) in [6, 6.07) is 0. The van der Waals surface area contributed by atoms with Gasteiger partial charge in [-0.25, -0.2) is 4.79 Å². The fourth-order valence-electron chi connectivity index (χ4n) is 1.94. The first-order valence-electron chi connectivity index (χ1n) is 4.35. The quantitative estimate of drug-likeness (QED) is 0.709. The molecule has 14 heavy (non-hydrogen) atoms. The van der Waals surface area contributed by atoms with Crippen molar-refractivity contribution in [3.63, 3.8) is 0 Å². The van der Waals surface area contributed by atoms with Crippen molar-refractivity contribution in [1.82, 2.24) is 4.90 Å². The molecule has 2 rings (SSSR count). The highest BCUT2D eigenvalue weighted by Gasteiger charge is 2.52. The van der Waals surface area contributed by atoms with Gasteiger partial charge in [-0.2, -0.15) is 8.78 Å². The lowest BCUT2D eigenvalue weighted by molar-refractivity contribution is -0.207. The lowest BCUT2D eigenvalue weighted by Crippen LogP contribution is -2.67. The molecule has 80 valence electrons. The molecule has 2 fully saturated rings. The molecule has 0 aromatic rings.